The van der Waals surface area contributed by atoms with Crippen molar-refractivity contribution in [3.8, 4) is 5.75 Å². The lowest BCUT2D eigenvalue weighted by Crippen LogP contribution is -2.18. The number of alkyl halides is 3. The number of hydrogen-bond donors (Lipinski definition) is 4. The lowest BCUT2D eigenvalue weighted by molar-refractivity contribution is -0.144. The molecule has 14 heteroatoms. The van der Waals surface area contributed by atoms with Crippen LogP contribution < -0.4 is 16.2 Å². The number of benzene rings is 1. The van der Waals surface area contributed by atoms with Crippen molar-refractivity contribution >= 4 is 24.6 Å². The van der Waals surface area contributed by atoms with Crippen LogP contribution in [0.25, 0.3) is 11.2 Å². The fourth-order valence-electron chi connectivity index (χ4n) is 2.81. The quantitative estimate of drug-likeness (QED) is 0.294. The third-order valence-corrected chi connectivity index (χ3v) is 5.18. The van der Waals surface area contributed by atoms with Crippen molar-refractivity contribution in [2.75, 3.05) is 18.5 Å². The molecule has 0 spiro atoms. The van der Waals surface area contributed by atoms with Crippen molar-refractivity contribution in [3.05, 3.63) is 46.1 Å². The molecule has 0 saturated carbocycles. The summed E-state index contributed by atoms with van der Waals surface area (Å²) in [6, 6.07) is 6.49. The second-order valence-corrected chi connectivity index (χ2v) is 8.51. The number of nitrogens with one attached hydrogen (secondary N) is 1. The molecule has 10 nitrogen and oxygen atoms in total. The topological polar surface area (TPSA) is 156 Å². The molecule has 0 aliphatic rings. The van der Waals surface area contributed by atoms with E-state index in [2.05, 4.69) is 15.0 Å². The van der Waals surface area contributed by atoms with E-state index in [-0.39, 0.29) is 30.5 Å². The first-order chi connectivity index (χ1) is 14.4. The molecule has 168 valence electrons. The summed E-state index contributed by atoms with van der Waals surface area (Å²) in [4.78, 5) is 38.8. The molecule has 2 aromatic heterocycles. The van der Waals surface area contributed by atoms with E-state index in [0.717, 1.165) is 4.57 Å². The highest BCUT2D eigenvalue weighted by Crippen LogP contribution is 2.35. The molecule has 31 heavy (non-hydrogen) atoms. The summed E-state index contributed by atoms with van der Waals surface area (Å²) in [7, 11) is -4.02. The number of nitrogens with zero attached hydrogens (tertiary/aromatic N) is 3. The molecule has 0 radical (unpaired) electrons. The Morgan fingerprint density at radius 3 is 2.45 bits per heavy atom. The molecule has 0 amide bonds. The van der Waals surface area contributed by atoms with Gasteiger partial charge in [-0.25, -0.2) is 14.8 Å². The smallest absolute Gasteiger partial charge is 0.451 e. The second kappa shape index (κ2) is 8.69. The molecule has 0 aliphatic carbocycles. The van der Waals surface area contributed by atoms with Gasteiger partial charge in [-0.1, -0.05) is 12.1 Å². The number of fused-ring (bicyclic) bond motifs is 1. The van der Waals surface area contributed by atoms with Gasteiger partial charge < -0.3 is 25.2 Å². The van der Waals surface area contributed by atoms with Crippen molar-refractivity contribution in [3.63, 3.8) is 0 Å². The molecule has 0 atom stereocenters. The van der Waals surface area contributed by atoms with Gasteiger partial charge in [-0.3, -0.25) is 9.13 Å². The molecule has 2 heterocycles. The molecule has 0 fully saturated rings. The molecule has 3 aromatic rings. The number of imidazole rings is 1. The summed E-state index contributed by atoms with van der Waals surface area (Å²) >= 11 is 0. The Hall–Kier alpha value is -2.89. The lowest BCUT2D eigenvalue weighted by Gasteiger charge is -2.09. The molecule has 0 saturated heterocycles. The third kappa shape index (κ3) is 5.84. The molecular formula is C17H19F3N5O5P. The Kier molecular flexibility index (Phi) is 6.39. The minimum absolute atomic E-state index is 0.0604. The number of anilines is 1. The van der Waals surface area contributed by atoms with Crippen LogP contribution in [0.15, 0.2) is 29.1 Å². The number of nitrogen functional groups attached to an aromatic ring is 1. The monoisotopic (exact) mass is 461 g/mol. The van der Waals surface area contributed by atoms with Gasteiger partial charge in [0.25, 0.3) is 0 Å². The minimum Gasteiger partial charge on any atom is -0.494 e. The molecule has 0 unspecified atom stereocenters. The van der Waals surface area contributed by atoms with Crippen LogP contribution in [0.4, 0.5) is 19.0 Å². The number of aromatic nitrogens is 4. The van der Waals surface area contributed by atoms with Crippen LogP contribution in [-0.2, 0) is 17.3 Å². The molecule has 0 aliphatic heterocycles. The minimum atomic E-state index is -4.81. The first-order valence-corrected chi connectivity index (χ1v) is 10.8. The van der Waals surface area contributed by atoms with E-state index in [1.807, 2.05) is 0 Å². The van der Waals surface area contributed by atoms with Crippen LogP contribution in [-0.4, -0.2) is 42.1 Å². The maximum atomic E-state index is 13.0. The summed E-state index contributed by atoms with van der Waals surface area (Å²) in [5.74, 6) is -1.42. The largest absolute Gasteiger partial charge is 0.494 e. The third-order valence-electron chi connectivity index (χ3n) is 4.28. The zero-order valence-corrected chi connectivity index (χ0v) is 16.9. The Labute approximate surface area is 173 Å². The molecule has 0 bridgehead atoms. The fraction of sp³-hybridized carbons (Fsp3) is 0.353. The van der Waals surface area contributed by atoms with Gasteiger partial charge in [-0.05, 0) is 30.5 Å². The van der Waals surface area contributed by atoms with E-state index in [0.29, 0.717) is 24.2 Å². The van der Waals surface area contributed by atoms with Crippen molar-refractivity contribution < 1.29 is 32.3 Å². The first kappa shape index (κ1) is 22.8. The summed E-state index contributed by atoms with van der Waals surface area (Å²) in [5.41, 5.74) is 5.14. The normalized spacial score (nSPS) is 12.4. The molecule has 3 rings (SSSR count). The first-order valence-electron chi connectivity index (χ1n) is 9.03. The maximum absolute atomic E-state index is 13.0. The SMILES string of the molecule is Nc1nc(C(F)(F)F)nc2c1[nH]c(=O)n2Cc1ccc(OCCCCP(=O)(O)O)cc1. The van der Waals surface area contributed by atoms with E-state index in [9.17, 15) is 22.5 Å². The van der Waals surface area contributed by atoms with Gasteiger partial charge in [0.1, 0.15) is 11.3 Å². The van der Waals surface area contributed by atoms with Crippen LogP contribution >= 0.6 is 7.60 Å². The van der Waals surface area contributed by atoms with Crippen LogP contribution in [0, 0.1) is 0 Å². The zero-order chi connectivity index (χ0) is 22.8. The Balaban J connectivity index is 1.71. The van der Waals surface area contributed by atoms with Gasteiger partial charge in [0, 0.05) is 6.16 Å². The predicted molar refractivity (Wildman–Crippen MR) is 105 cm³/mol. The Morgan fingerprint density at radius 1 is 1.16 bits per heavy atom. The van der Waals surface area contributed by atoms with Gasteiger partial charge >= 0.3 is 19.5 Å². The van der Waals surface area contributed by atoms with E-state index in [1.165, 1.54) is 0 Å². The van der Waals surface area contributed by atoms with Gasteiger partial charge in [0.2, 0.25) is 5.82 Å². The van der Waals surface area contributed by atoms with Gasteiger partial charge in [-0.2, -0.15) is 13.2 Å². The number of H-pyrrole nitrogens is 1. The second-order valence-electron chi connectivity index (χ2n) is 6.73. The van der Waals surface area contributed by atoms with E-state index in [4.69, 9.17) is 20.3 Å². The van der Waals surface area contributed by atoms with E-state index < -0.39 is 31.1 Å². The number of ether oxygens (including phenoxy) is 1. The number of rotatable bonds is 8. The summed E-state index contributed by atoms with van der Waals surface area (Å²) in [6.45, 7) is 0.201. The van der Waals surface area contributed by atoms with Crippen LogP contribution in [0.2, 0.25) is 0 Å². The highest BCUT2D eigenvalue weighted by Gasteiger charge is 2.36. The standard InChI is InChI=1S/C17H19F3N5O5P/c18-17(19,20)15-23-13(21)12-14(24-15)25(16(26)22-12)9-10-3-5-11(6-4-10)30-7-1-2-8-31(27,28)29/h3-6H,1-2,7-9H2,(H,22,26)(H2,21,23,24)(H2,27,28,29). The Bertz CT molecular complexity index is 1170. The number of nitrogens with two attached hydrogens (primary N) is 1. The fourth-order valence-corrected chi connectivity index (χ4v) is 3.44. The van der Waals surface area contributed by atoms with Crippen LogP contribution in [0.1, 0.15) is 24.2 Å². The van der Waals surface area contributed by atoms with Crippen molar-refractivity contribution in [1.82, 2.24) is 19.5 Å². The van der Waals surface area contributed by atoms with Crippen molar-refractivity contribution in [1.29, 1.82) is 0 Å². The van der Waals surface area contributed by atoms with Crippen molar-refractivity contribution in [2.45, 2.75) is 25.6 Å². The molecule has 1 aromatic carbocycles. The van der Waals surface area contributed by atoms with E-state index in [1.54, 1.807) is 24.3 Å². The lowest BCUT2D eigenvalue weighted by atomic mass is 10.2. The zero-order valence-electron chi connectivity index (χ0n) is 16.0. The van der Waals surface area contributed by atoms with Crippen LogP contribution in [0.5, 0.6) is 5.75 Å². The number of aromatic amines is 1. The molecule has 5 N–H and O–H groups in total. The number of hydrogen-bond acceptors (Lipinski definition) is 6. The summed E-state index contributed by atoms with van der Waals surface area (Å²) < 4.78 is 56.2. The average Bonchev–Trinajstić information content (AvgIpc) is 2.97. The highest BCUT2D eigenvalue weighted by molar-refractivity contribution is 7.51. The maximum Gasteiger partial charge on any atom is 0.451 e. The highest BCUT2D eigenvalue weighted by atomic mass is 31.2. The van der Waals surface area contributed by atoms with Crippen LogP contribution in [0.3, 0.4) is 0 Å². The average molecular weight is 461 g/mol. The summed E-state index contributed by atoms with van der Waals surface area (Å²) in [5, 5.41) is 0. The number of halogens is 3. The predicted octanol–water partition coefficient (Wildman–Crippen LogP) is 2.11. The van der Waals surface area contributed by atoms with Gasteiger partial charge in [-0.15, -0.1) is 0 Å². The van der Waals surface area contributed by atoms with E-state index >= 15 is 0 Å². The Morgan fingerprint density at radius 2 is 1.84 bits per heavy atom. The summed E-state index contributed by atoms with van der Waals surface area (Å²) in [6.07, 6.45) is -4.25. The number of unbranched alkanes of at least 4 members (excludes halogenated alkanes) is 1. The van der Waals surface area contributed by atoms with Gasteiger partial charge in [0.05, 0.1) is 13.2 Å². The van der Waals surface area contributed by atoms with Gasteiger partial charge in [0.15, 0.2) is 11.5 Å². The molecular weight excluding hydrogens is 442 g/mol. The van der Waals surface area contributed by atoms with Crippen molar-refractivity contribution in [2.24, 2.45) is 0 Å².